The number of likely N-dealkylation sites (N-methyl/N-ethyl adjacent to an activating group) is 1. The summed E-state index contributed by atoms with van der Waals surface area (Å²) in [7, 11) is 3.86. The first-order valence-corrected chi connectivity index (χ1v) is 11.1. The maximum Gasteiger partial charge on any atom is 0.387 e. The van der Waals surface area contributed by atoms with Crippen LogP contribution in [0.25, 0.3) is 0 Å². The lowest BCUT2D eigenvalue weighted by molar-refractivity contribution is -0.0505. The van der Waals surface area contributed by atoms with E-state index in [1.165, 1.54) is 12.5 Å². The Morgan fingerprint density at radius 2 is 2.00 bits per heavy atom. The molecule has 0 bridgehead atoms. The fraction of sp³-hybridized carbons (Fsp3) is 0.682. The van der Waals surface area contributed by atoms with E-state index in [4.69, 9.17) is 9.47 Å². The number of guanidine groups is 1. The summed E-state index contributed by atoms with van der Waals surface area (Å²) in [4.78, 5) is 9.09. The second-order valence-corrected chi connectivity index (χ2v) is 7.70. The average Bonchev–Trinajstić information content (AvgIpc) is 2.96. The van der Waals surface area contributed by atoms with Gasteiger partial charge in [0.05, 0.1) is 6.61 Å². The maximum absolute atomic E-state index is 12.8. The van der Waals surface area contributed by atoms with Gasteiger partial charge in [0.1, 0.15) is 11.5 Å². The van der Waals surface area contributed by atoms with Crippen LogP contribution in [-0.2, 0) is 6.54 Å². The lowest BCUT2D eigenvalue weighted by atomic mass is 10.2. The molecule has 10 heteroatoms. The van der Waals surface area contributed by atoms with Crippen LogP contribution in [0.3, 0.4) is 0 Å². The molecule has 0 spiro atoms. The Morgan fingerprint density at radius 1 is 1.19 bits per heavy atom. The third-order valence-electron chi connectivity index (χ3n) is 5.15. The molecular formula is C22H38F2IN5O2. The summed E-state index contributed by atoms with van der Waals surface area (Å²) in [6.07, 6.45) is 3.05. The minimum atomic E-state index is -2.89. The summed E-state index contributed by atoms with van der Waals surface area (Å²) < 4.78 is 35.9. The molecule has 184 valence electrons. The highest BCUT2D eigenvalue weighted by atomic mass is 127. The van der Waals surface area contributed by atoms with E-state index in [1.54, 1.807) is 19.2 Å². The molecule has 0 unspecified atom stereocenters. The number of hydrogen-bond acceptors (Lipinski definition) is 5. The second-order valence-electron chi connectivity index (χ2n) is 7.70. The number of halogens is 3. The van der Waals surface area contributed by atoms with E-state index in [1.807, 2.05) is 6.92 Å². The Kier molecular flexibility index (Phi) is 14.5. The fourth-order valence-electron chi connectivity index (χ4n) is 3.43. The van der Waals surface area contributed by atoms with Gasteiger partial charge in [-0.3, -0.25) is 4.99 Å². The first-order valence-electron chi connectivity index (χ1n) is 11.1. The van der Waals surface area contributed by atoms with E-state index in [9.17, 15) is 8.78 Å². The third kappa shape index (κ3) is 11.0. The average molecular weight is 569 g/mol. The normalized spacial score (nSPS) is 15.8. The highest BCUT2D eigenvalue weighted by molar-refractivity contribution is 14.0. The zero-order valence-corrected chi connectivity index (χ0v) is 21.7. The number of aliphatic imine (C=N–C) groups is 1. The van der Waals surface area contributed by atoms with Gasteiger partial charge in [-0.1, -0.05) is 6.92 Å². The highest BCUT2D eigenvalue weighted by Gasteiger charge is 2.13. The molecule has 0 amide bonds. The summed E-state index contributed by atoms with van der Waals surface area (Å²) in [6.45, 7) is 6.29. The van der Waals surface area contributed by atoms with Crippen LogP contribution in [-0.4, -0.2) is 82.3 Å². The Labute approximate surface area is 207 Å². The van der Waals surface area contributed by atoms with Crippen LogP contribution in [0.1, 0.15) is 31.7 Å². The van der Waals surface area contributed by atoms with Gasteiger partial charge >= 0.3 is 6.61 Å². The zero-order chi connectivity index (χ0) is 22.5. The van der Waals surface area contributed by atoms with Gasteiger partial charge in [-0.25, -0.2) is 0 Å². The Morgan fingerprint density at radius 3 is 2.72 bits per heavy atom. The maximum atomic E-state index is 12.8. The molecule has 1 aliphatic rings. The third-order valence-corrected chi connectivity index (χ3v) is 5.15. The minimum absolute atomic E-state index is 0. The van der Waals surface area contributed by atoms with Gasteiger partial charge in [-0.05, 0) is 58.1 Å². The molecule has 1 heterocycles. The summed E-state index contributed by atoms with van der Waals surface area (Å²) in [5, 5.41) is 6.46. The molecule has 1 fully saturated rings. The lowest BCUT2D eigenvalue weighted by Gasteiger charge is -2.20. The van der Waals surface area contributed by atoms with Gasteiger partial charge in [0, 0.05) is 44.9 Å². The predicted octanol–water partition coefficient (Wildman–Crippen LogP) is 3.39. The van der Waals surface area contributed by atoms with Crippen LogP contribution in [0.5, 0.6) is 11.5 Å². The van der Waals surface area contributed by atoms with Crippen molar-refractivity contribution in [2.75, 3.05) is 60.0 Å². The minimum Gasteiger partial charge on any atom is -0.493 e. The van der Waals surface area contributed by atoms with Crippen molar-refractivity contribution in [1.82, 2.24) is 20.4 Å². The van der Waals surface area contributed by atoms with Crippen molar-refractivity contribution in [2.24, 2.45) is 4.99 Å². The van der Waals surface area contributed by atoms with Gasteiger partial charge < -0.3 is 29.9 Å². The topological polar surface area (TPSA) is 61.4 Å². The highest BCUT2D eigenvalue weighted by Crippen LogP contribution is 2.26. The van der Waals surface area contributed by atoms with Crippen molar-refractivity contribution in [3.05, 3.63) is 23.8 Å². The standard InChI is InChI=1S/C22H37F2N5O2.HI/c1-4-15-30-19-8-7-18(20(16-19)31-21(23)24)17-27-22(25-2)26-9-5-11-29-12-6-10-28(3)13-14-29;/h7-8,16,21H,4-6,9-15,17H2,1-3H3,(H2,25,26,27);1H. The molecule has 0 saturated carbocycles. The van der Waals surface area contributed by atoms with Gasteiger partial charge in [-0.15, -0.1) is 24.0 Å². The molecule has 0 aromatic heterocycles. The van der Waals surface area contributed by atoms with Gasteiger partial charge in [0.2, 0.25) is 0 Å². The van der Waals surface area contributed by atoms with Crippen LogP contribution in [0.4, 0.5) is 8.78 Å². The van der Waals surface area contributed by atoms with Crippen molar-refractivity contribution < 1.29 is 18.3 Å². The number of rotatable bonds is 11. The molecule has 1 aromatic carbocycles. The van der Waals surface area contributed by atoms with Gasteiger partial charge in [-0.2, -0.15) is 8.78 Å². The molecule has 2 N–H and O–H groups in total. The van der Waals surface area contributed by atoms with Crippen molar-refractivity contribution in [2.45, 2.75) is 39.3 Å². The van der Waals surface area contributed by atoms with Crippen LogP contribution in [0.2, 0.25) is 0 Å². The van der Waals surface area contributed by atoms with Crippen molar-refractivity contribution in [1.29, 1.82) is 0 Å². The predicted molar refractivity (Wildman–Crippen MR) is 136 cm³/mol. The number of nitrogens with one attached hydrogen (secondary N) is 2. The molecule has 2 rings (SSSR count). The van der Waals surface area contributed by atoms with Gasteiger partial charge in [0.25, 0.3) is 0 Å². The Balaban J connectivity index is 0.00000512. The number of hydrogen-bond donors (Lipinski definition) is 2. The van der Waals surface area contributed by atoms with Crippen molar-refractivity contribution in [3.63, 3.8) is 0 Å². The van der Waals surface area contributed by atoms with E-state index in [-0.39, 0.29) is 29.7 Å². The molecule has 0 radical (unpaired) electrons. The summed E-state index contributed by atoms with van der Waals surface area (Å²) in [5.41, 5.74) is 0.612. The van der Waals surface area contributed by atoms with Gasteiger partial charge in [0.15, 0.2) is 5.96 Å². The fourth-order valence-corrected chi connectivity index (χ4v) is 3.43. The van der Waals surface area contributed by atoms with E-state index in [2.05, 4.69) is 32.5 Å². The number of alkyl halides is 2. The van der Waals surface area contributed by atoms with Crippen molar-refractivity contribution >= 4 is 29.9 Å². The van der Waals surface area contributed by atoms with Crippen LogP contribution in [0.15, 0.2) is 23.2 Å². The molecule has 32 heavy (non-hydrogen) atoms. The number of ether oxygens (including phenoxy) is 2. The lowest BCUT2D eigenvalue weighted by Crippen LogP contribution is -2.38. The van der Waals surface area contributed by atoms with E-state index in [0.29, 0.717) is 30.4 Å². The molecule has 7 nitrogen and oxygen atoms in total. The van der Waals surface area contributed by atoms with Crippen LogP contribution >= 0.6 is 24.0 Å². The van der Waals surface area contributed by atoms with Crippen LogP contribution in [0, 0.1) is 0 Å². The first kappa shape index (κ1) is 28.6. The Bertz CT molecular complexity index is 682. The summed E-state index contributed by atoms with van der Waals surface area (Å²) >= 11 is 0. The SMILES string of the molecule is CCCOc1ccc(CNC(=NC)NCCCN2CCCN(C)CC2)c(OC(F)F)c1.I. The molecular weight excluding hydrogens is 531 g/mol. The van der Waals surface area contributed by atoms with E-state index >= 15 is 0 Å². The van der Waals surface area contributed by atoms with E-state index < -0.39 is 6.61 Å². The van der Waals surface area contributed by atoms with Crippen LogP contribution < -0.4 is 20.1 Å². The molecule has 0 atom stereocenters. The largest absolute Gasteiger partial charge is 0.493 e. The quantitative estimate of drug-likeness (QED) is 0.185. The molecule has 1 saturated heterocycles. The summed E-state index contributed by atoms with van der Waals surface area (Å²) in [5.74, 6) is 1.26. The molecule has 1 aliphatic heterocycles. The zero-order valence-electron chi connectivity index (χ0n) is 19.4. The summed E-state index contributed by atoms with van der Waals surface area (Å²) in [6, 6.07) is 5.01. The smallest absolute Gasteiger partial charge is 0.387 e. The Hall–Kier alpha value is -1.40. The number of benzene rings is 1. The van der Waals surface area contributed by atoms with E-state index in [0.717, 1.165) is 52.1 Å². The molecule has 1 aromatic rings. The number of nitrogens with zero attached hydrogens (tertiary/aromatic N) is 3. The first-order chi connectivity index (χ1) is 15.0. The monoisotopic (exact) mass is 569 g/mol. The molecule has 0 aliphatic carbocycles. The second kappa shape index (κ2) is 16.2. The van der Waals surface area contributed by atoms with Crippen molar-refractivity contribution in [3.8, 4) is 11.5 Å².